The molecule has 3 heterocycles. The van der Waals surface area contributed by atoms with Crippen LogP contribution in [-0.2, 0) is 11.8 Å². The number of nitrogens with zero attached hydrogens (tertiary/aromatic N) is 5. The van der Waals surface area contributed by atoms with Crippen molar-refractivity contribution in [2.45, 2.75) is 12.8 Å². The van der Waals surface area contributed by atoms with Gasteiger partial charge in [-0.25, -0.2) is 4.98 Å². The zero-order valence-electron chi connectivity index (χ0n) is 13.3. The van der Waals surface area contributed by atoms with Gasteiger partial charge >= 0.3 is 5.97 Å². The molecule has 1 aliphatic rings. The minimum Gasteiger partial charge on any atom is -0.481 e. The van der Waals surface area contributed by atoms with Crippen molar-refractivity contribution < 1.29 is 14.6 Å². The largest absolute Gasteiger partial charge is 0.481 e. The maximum Gasteiger partial charge on any atom is 0.308 e. The number of carboxylic acid groups (broad SMARTS) is 1. The van der Waals surface area contributed by atoms with Gasteiger partial charge in [-0.3, -0.25) is 9.48 Å². The molecule has 1 saturated heterocycles. The van der Waals surface area contributed by atoms with E-state index < -0.39 is 11.9 Å². The first-order chi connectivity index (χ1) is 11.0. The van der Waals surface area contributed by atoms with Gasteiger partial charge in [0.2, 0.25) is 11.8 Å². The van der Waals surface area contributed by atoms with Gasteiger partial charge in [-0.15, -0.1) is 0 Å². The molecule has 122 valence electrons. The van der Waals surface area contributed by atoms with Crippen LogP contribution >= 0.6 is 0 Å². The maximum absolute atomic E-state index is 11.7. The Hall–Kier alpha value is -2.64. The highest BCUT2D eigenvalue weighted by Crippen LogP contribution is 2.36. The number of rotatable bonds is 4. The summed E-state index contributed by atoms with van der Waals surface area (Å²) in [7, 11) is 3.39. The summed E-state index contributed by atoms with van der Waals surface area (Å²) in [6.45, 7) is 2.85. The van der Waals surface area contributed by atoms with Crippen LogP contribution in [-0.4, -0.2) is 51.0 Å². The van der Waals surface area contributed by atoms with Crippen molar-refractivity contribution in [3.8, 4) is 5.88 Å². The van der Waals surface area contributed by atoms with E-state index in [4.69, 9.17) is 4.74 Å². The number of ether oxygens (including phenoxy) is 1. The standard InChI is InChI=1S/C15H19N5O3/c1-9-10(6-17-19(9)2)11-7-20(8-12(11)14(21)22)15-16-5-4-13(18-15)23-3/h4-6,11-12H,7-8H2,1-3H3,(H,21,22)/t11-,12+/m1/s1. The number of aliphatic carboxylic acids is 1. The molecule has 1 N–H and O–H groups in total. The SMILES string of the molecule is COc1ccnc(N2C[C@H](C(=O)O)[C@@H](c3cnn(C)c3C)C2)n1. The zero-order valence-corrected chi connectivity index (χ0v) is 13.3. The van der Waals surface area contributed by atoms with Gasteiger partial charge in [0.25, 0.3) is 0 Å². The molecule has 0 spiro atoms. The normalized spacial score (nSPS) is 20.7. The molecule has 2 aromatic rings. The molecule has 0 aromatic carbocycles. The highest BCUT2D eigenvalue weighted by Gasteiger charge is 2.41. The van der Waals surface area contributed by atoms with Crippen molar-refractivity contribution in [2.24, 2.45) is 13.0 Å². The minimum atomic E-state index is -0.816. The maximum atomic E-state index is 11.7. The van der Waals surface area contributed by atoms with Crippen molar-refractivity contribution in [3.63, 3.8) is 0 Å². The predicted octanol–water partition coefficient (Wildman–Crippen LogP) is 0.832. The highest BCUT2D eigenvalue weighted by molar-refractivity contribution is 5.73. The van der Waals surface area contributed by atoms with Crippen LogP contribution in [0.15, 0.2) is 18.5 Å². The Bertz CT molecular complexity index is 730. The summed E-state index contributed by atoms with van der Waals surface area (Å²) < 4.78 is 6.88. The number of methoxy groups -OCH3 is 1. The monoisotopic (exact) mass is 317 g/mol. The van der Waals surface area contributed by atoms with Gasteiger partial charge in [0.1, 0.15) is 0 Å². The number of anilines is 1. The fraction of sp³-hybridized carbons (Fsp3) is 0.467. The number of hydrogen-bond donors (Lipinski definition) is 1. The Morgan fingerprint density at radius 3 is 2.83 bits per heavy atom. The number of aryl methyl sites for hydroxylation is 1. The molecule has 0 radical (unpaired) electrons. The quantitative estimate of drug-likeness (QED) is 0.892. The van der Waals surface area contributed by atoms with Gasteiger partial charge in [0.15, 0.2) is 0 Å². The summed E-state index contributed by atoms with van der Waals surface area (Å²) in [5, 5.41) is 13.8. The van der Waals surface area contributed by atoms with Crippen molar-refractivity contribution in [1.29, 1.82) is 0 Å². The Morgan fingerprint density at radius 1 is 1.43 bits per heavy atom. The molecule has 23 heavy (non-hydrogen) atoms. The van der Waals surface area contributed by atoms with E-state index >= 15 is 0 Å². The van der Waals surface area contributed by atoms with Gasteiger partial charge < -0.3 is 14.7 Å². The van der Waals surface area contributed by atoms with E-state index in [2.05, 4.69) is 15.1 Å². The summed E-state index contributed by atoms with van der Waals surface area (Å²) in [4.78, 5) is 22.1. The summed E-state index contributed by atoms with van der Waals surface area (Å²) >= 11 is 0. The molecule has 8 heteroatoms. The third-order valence-electron chi connectivity index (χ3n) is 4.42. The van der Waals surface area contributed by atoms with Gasteiger partial charge in [-0.1, -0.05) is 0 Å². The van der Waals surface area contributed by atoms with Crippen LogP contribution in [0.2, 0.25) is 0 Å². The number of carboxylic acids is 1. The first-order valence-electron chi connectivity index (χ1n) is 7.34. The van der Waals surface area contributed by atoms with Crippen LogP contribution in [0, 0.1) is 12.8 Å². The second kappa shape index (κ2) is 5.86. The second-order valence-electron chi connectivity index (χ2n) is 5.66. The molecule has 0 bridgehead atoms. The third-order valence-corrected chi connectivity index (χ3v) is 4.42. The lowest BCUT2D eigenvalue weighted by atomic mass is 9.89. The van der Waals surface area contributed by atoms with E-state index in [1.165, 1.54) is 7.11 Å². The number of hydrogen-bond acceptors (Lipinski definition) is 6. The molecule has 2 atom stereocenters. The van der Waals surface area contributed by atoms with Crippen LogP contribution in [0.5, 0.6) is 5.88 Å². The summed E-state index contributed by atoms with van der Waals surface area (Å²) in [5.41, 5.74) is 1.94. The smallest absolute Gasteiger partial charge is 0.308 e. The predicted molar refractivity (Wildman–Crippen MR) is 82.6 cm³/mol. The van der Waals surface area contributed by atoms with Crippen LogP contribution in [0.25, 0.3) is 0 Å². The van der Waals surface area contributed by atoms with Gasteiger partial charge in [-0.05, 0) is 12.5 Å². The molecule has 0 amide bonds. The Kier molecular flexibility index (Phi) is 3.89. The molecule has 2 aromatic heterocycles. The highest BCUT2D eigenvalue weighted by atomic mass is 16.5. The van der Waals surface area contributed by atoms with E-state index in [0.717, 1.165) is 11.3 Å². The Balaban J connectivity index is 1.92. The van der Waals surface area contributed by atoms with Crippen molar-refractivity contribution in [1.82, 2.24) is 19.7 Å². The van der Waals surface area contributed by atoms with E-state index in [9.17, 15) is 9.90 Å². The first kappa shape index (κ1) is 15.3. The Labute approximate surface area is 133 Å². The summed E-state index contributed by atoms with van der Waals surface area (Å²) in [6, 6.07) is 1.66. The third kappa shape index (κ3) is 2.71. The van der Waals surface area contributed by atoms with Crippen LogP contribution in [0.1, 0.15) is 17.2 Å². The average Bonchev–Trinajstić information content (AvgIpc) is 3.12. The molecule has 1 fully saturated rings. The van der Waals surface area contributed by atoms with Gasteiger partial charge in [0.05, 0.1) is 19.2 Å². The van der Waals surface area contributed by atoms with Crippen molar-refractivity contribution in [3.05, 3.63) is 29.7 Å². The molecular weight excluding hydrogens is 298 g/mol. The van der Waals surface area contributed by atoms with Gasteiger partial charge in [0, 0.05) is 44.0 Å². The summed E-state index contributed by atoms with van der Waals surface area (Å²) in [6.07, 6.45) is 3.37. The fourth-order valence-corrected chi connectivity index (χ4v) is 3.01. The van der Waals surface area contributed by atoms with E-state index in [1.807, 2.05) is 18.9 Å². The second-order valence-corrected chi connectivity index (χ2v) is 5.66. The molecule has 8 nitrogen and oxygen atoms in total. The lowest BCUT2D eigenvalue weighted by Gasteiger charge is -2.16. The van der Waals surface area contributed by atoms with E-state index in [-0.39, 0.29) is 5.92 Å². The van der Waals surface area contributed by atoms with E-state index in [1.54, 1.807) is 23.1 Å². The molecule has 0 saturated carbocycles. The fourth-order valence-electron chi connectivity index (χ4n) is 3.01. The Morgan fingerprint density at radius 2 is 2.22 bits per heavy atom. The average molecular weight is 317 g/mol. The molecule has 1 aliphatic heterocycles. The van der Waals surface area contributed by atoms with Crippen LogP contribution in [0.3, 0.4) is 0 Å². The summed E-state index contributed by atoms with van der Waals surface area (Å²) in [5.74, 6) is -0.533. The minimum absolute atomic E-state index is 0.143. The van der Waals surface area contributed by atoms with Crippen molar-refractivity contribution in [2.75, 3.05) is 25.1 Å². The molecular formula is C15H19N5O3. The van der Waals surface area contributed by atoms with Gasteiger partial charge in [-0.2, -0.15) is 10.1 Å². The first-order valence-corrected chi connectivity index (χ1v) is 7.34. The van der Waals surface area contributed by atoms with E-state index in [0.29, 0.717) is 24.9 Å². The molecule has 3 rings (SSSR count). The topological polar surface area (TPSA) is 93.4 Å². The van der Waals surface area contributed by atoms with Crippen LogP contribution < -0.4 is 9.64 Å². The lowest BCUT2D eigenvalue weighted by molar-refractivity contribution is -0.141. The molecule has 0 aliphatic carbocycles. The number of carbonyl (C=O) groups is 1. The lowest BCUT2D eigenvalue weighted by Crippen LogP contribution is -2.24. The zero-order chi connectivity index (χ0) is 16.6. The van der Waals surface area contributed by atoms with Crippen LogP contribution in [0.4, 0.5) is 5.95 Å². The number of aromatic nitrogens is 4. The van der Waals surface area contributed by atoms with Crippen molar-refractivity contribution >= 4 is 11.9 Å². The molecule has 0 unspecified atom stereocenters.